The Bertz CT molecular complexity index is 535. The summed E-state index contributed by atoms with van der Waals surface area (Å²) < 4.78 is 5.42. The number of likely N-dealkylation sites (tertiary alicyclic amines) is 1. The summed E-state index contributed by atoms with van der Waals surface area (Å²) in [5, 5.41) is 10.4. The molecule has 1 aliphatic heterocycles. The zero-order valence-corrected chi connectivity index (χ0v) is 12.2. The second kappa shape index (κ2) is 4.48. The number of ether oxygens (including phenoxy) is 1. The fourth-order valence-corrected chi connectivity index (χ4v) is 3.30. The molecule has 0 bridgehead atoms. The third-order valence-corrected chi connectivity index (χ3v) is 4.14. The highest BCUT2D eigenvalue weighted by Gasteiger charge is 2.47. The van der Waals surface area contributed by atoms with Gasteiger partial charge in [-0.05, 0) is 31.9 Å². The maximum absolute atomic E-state index is 12.1. The van der Waals surface area contributed by atoms with Gasteiger partial charge < -0.3 is 14.7 Å². The first-order chi connectivity index (χ1) is 9.37. The Hall–Kier alpha value is -1.55. The molecular weight excluding hydrogens is 254 g/mol. The molecule has 0 saturated carbocycles. The SMILES string of the molecule is CC(C)(C)OC(=O)N1C[C@@H]2[C@H](O)c3ccccc3[C@H]2C1. The van der Waals surface area contributed by atoms with Gasteiger partial charge in [-0.2, -0.15) is 0 Å². The smallest absolute Gasteiger partial charge is 0.410 e. The molecule has 1 heterocycles. The Balaban J connectivity index is 1.77. The molecule has 3 atom stereocenters. The average molecular weight is 275 g/mol. The van der Waals surface area contributed by atoms with E-state index in [1.54, 1.807) is 4.90 Å². The summed E-state index contributed by atoms with van der Waals surface area (Å²) in [7, 11) is 0. The van der Waals surface area contributed by atoms with E-state index in [1.165, 1.54) is 5.56 Å². The maximum atomic E-state index is 12.1. The van der Waals surface area contributed by atoms with Crippen LogP contribution in [0.4, 0.5) is 4.79 Å². The van der Waals surface area contributed by atoms with E-state index in [2.05, 4.69) is 6.07 Å². The van der Waals surface area contributed by atoms with Crippen molar-refractivity contribution in [1.82, 2.24) is 4.90 Å². The Morgan fingerprint density at radius 2 is 1.90 bits per heavy atom. The summed E-state index contributed by atoms with van der Waals surface area (Å²) in [6.07, 6.45) is -0.750. The van der Waals surface area contributed by atoms with Gasteiger partial charge in [0.1, 0.15) is 5.60 Å². The molecule has 1 saturated heterocycles. The molecule has 4 heteroatoms. The van der Waals surface area contributed by atoms with Crippen molar-refractivity contribution in [2.75, 3.05) is 13.1 Å². The Morgan fingerprint density at radius 3 is 2.55 bits per heavy atom. The Morgan fingerprint density at radius 1 is 1.25 bits per heavy atom. The number of amides is 1. The van der Waals surface area contributed by atoms with Crippen molar-refractivity contribution >= 4 is 6.09 Å². The largest absolute Gasteiger partial charge is 0.444 e. The summed E-state index contributed by atoms with van der Waals surface area (Å²) in [6, 6.07) is 7.98. The van der Waals surface area contributed by atoms with Crippen LogP contribution >= 0.6 is 0 Å². The number of benzene rings is 1. The minimum Gasteiger partial charge on any atom is -0.444 e. The molecule has 108 valence electrons. The summed E-state index contributed by atoms with van der Waals surface area (Å²) in [5.41, 5.74) is 1.72. The average Bonchev–Trinajstić information content (AvgIpc) is 2.89. The van der Waals surface area contributed by atoms with Gasteiger partial charge in [-0.25, -0.2) is 4.79 Å². The molecule has 0 spiro atoms. The van der Waals surface area contributed by atoms with Gasteiger partial charge in [0.25, 0.3) is 0 Å². The van der Waals surface area contributed by atoms with E-state index < -0.39 is 11.7 Å². The first-order valence-corrected chi connectivity index (χ1v) is 7.11. The van der Waals surface area contributed by atoms with Gasteiger partial charge in [0.2, 0.25) is 0 Å². The molecule has 1 aliphatic carbocycles. The molecule has 1 fully saturated rings. The molecule has 1 aromatic rings. The number of hydrogen-bond donors (Lipinski definition) is 1. The van der Waals surface area contributed by atoms with Crippen LogP contribution in [0, 0.1) is 5.92 Å². The zero-order chi connectivity index (χ0) is 14.5. The summed E-state index contributed by atoms with van der Waals surface area (Å²) in [5.74, 6) is 0.327. The van der Waals surface area contributed by atoms with E-state index in [0.717, 1.165) is 5.56 Å². The standard InChI is InChI=1S/C16H21NO3/c1-16(2,3)20-15(19)17-8-12-10-6-4-5-7-11(10)14(18)13(12)9-17/h4-7,12-14,18H,8-9H2,1-3H3/t12-,13+,14-/m1/s1. The first kappa shape index (κ1) is 13.4. The minimum absolute atomic E-state index is 0.0971. The third-order valence-electron chi connectivity index (χ3n) is 4.14. The van der Waals surface area contributed by atoms with Gasteiger partial charge in [-0.1, -0.05) is 24.3 Å². The van der Waals surface area contributed by atoms with Crippen molar-refractivity contribution in [2.24, 2.45) is 5.92 Å². The zero-order valence-electron chi connectivity index (χ0n) is 12.2. The maximum Gasteiger partial charge on any atom is 0.410 e. The number of hydrogen-bond acceptors (Lipinski definition) is 3. The topological polar surface area (TPSA) is 49.8 Å². The predicted octanol–water partition coefficient (Wildman–Crippen LogP) is 2.68. The molecule has 3 rings (SSSR count). The van der Waals surface area contributed by atoms with Crippen molar-refractivity contribution in [3.05, 3.63) is 35.4 Å². The molecule has 1 N–H and O–H groups in total. The number of rotatable bonds is 0. The molecule has 1 aromatic carbocycles. The number of carbonyl (C=O) groups is 1. The monoisotopic (exact) mass is 275 g/mol. The van der Waals surface area contributed by atoms with Gasteiger partial charge in [0, 0.05) is 24.9 Å². The summed E-state index contributed by atoms with van der Waals surface area (Å²) in [6.45, 7) is 6.80. The molecular formula is C16H21NO3. The second-order valence-corrected chi connectivity index (χ2v) is 6.73. The van der Waals surface area contributed by atoms with Crippen molar-refractivity contribution in [2.45, 2.75) is 38.4 Å². The van der Waals surface area contributed by atoms with Crippen LogP contribution in [0.1, 0.15) is 43.9 Å². The molecule has 20 heavy (non-hydrogen) atoms. The first-order valence-electron chi connectivity index (χ1n) is 7.11. The van der Waals surface area contributed by atoms with E-state index in [1.807, 2.05) is 39.0 Å². The van der Waals surface area contributed by atoms with Crippen LogP contribution in [0.25, 0.3) is 0 Å². The van der Waals surface area contributed by atoms with Crippen molar-refractivity contribution in [3.63, 3.8) is 0 Å². The lowest BCUT2D eigenvalue weighted by molar-refractivity contribution is 0.0267. The molecule has 0 radical (unpaired) electrons. The molecule has 4 nitrogen and oxygen atoms in total. The molecule has 1 amide bonds. The van der Waals surface area contributed by atoms with Crippen molar-refractivity contribution in [3.8, 4) is 0 Å². The number of nitrogens with zero attached hydrogens (tertiary/aromatic N) is 1. The second-order valence-electron chi connectivity index (χ2n) is 6.73. The third kappa shape index (κ3) is 2.18. The van der Waals surface area contributed by atoms with Crippen LogP contribution in [0.2, 0.25) is 0 Å². The Labute approximate surface area is 119 Å². The number of fused-ring (bicyclic) bond motifs is 3. The fourth-order valence-electron chi connectivity index (χ4n) is 3.30. The lowest BCUT2D eigenvalue weighted by Crippen LogP contribution is -2.36. The molecule has 0 unspecified atom stereocenters. The van der Waals surface area contributed by atoms with Crippen LogP contribution in [-0.4, -0.2) is 34.8 Å². The quantitative estimate of drug-likeness (QED) is 0.792. The number of carbonyl (C=O) groups excluding carboxylic acids is 1. The van der Waals surface area contributed by atoms with Crippen LogP contribution in [-0.2, 0) is 4.74 Å². The van der Waals surface area contributed by atoms with E-state index in [4.69, 9.17) is 4.74 Å². The van der Waals surface area contributed by atoms with Gasteiger partial charge >= 0.3 is 6.09 Å². The van der Waals surface area contributed by atoms with E-state index in [9.17, 15) is 9.90 Å². The van der Waals surface area contributed by atoms with Gasteiger partial charge in [0.15, 0.2) is 0 Å². The summed E-state index contributed by atoms with van der Waals surface area (Å²) in [4.78, 5) is 13.9. The Kier molecular flexibility index (Phi) is 3.01. The van der Waals surface area contributed by atoms with Crippen LogP contribution in [0.5, 0.6) is 0 Å². The van der Waals surface area contributed by atoms with Crippen LogP contribution in [0.15, 0.2) is 24.3 Å². The van der Waals surface area contributed by atoms with E-state index >= 15 is 0 Å². The number of aliphatic hydroxyl groups is 1. The van der Waals surface area contributed by atoms with Gasteiger partial charge in [-0.3, -0.25) is 0 Å². The van der Waals surface area contributed by atoms with Crippen LogP contribution in [0.3, 0.4) is 0 Å². The lowest BCUT2D eigenvalue weighted by Gasteiger charge is -2.25. The van der Waals surface area contributed by atoms with Gasteiger partial charge in [-0.15, -0.1) is 0 Å². The number of aliphatic hydroxyl groups excluding tert-OH is 1. The normalized spacial score (nSPS) is 28.2. The lowest BCUT2D eigenvalue weighted by atomic mass is 9.96. The molecule has 0 aromatic heterocycles. The molecule has 2 aliphatic rings. The van der Waals surface area contributed by atoms with Crippen molar-refractivity contribution < 1.29 is 14.6 Å². The van der Waals surface area contributed by atoms with Crippen LogP contribution < -0.4 is 0 Å². The highest BCUT2D eigenvalue weighted by molar-refractivity contribution is 5.69. The highest BCUT2D eigenvalue weighted by atomic mass is 16.6. The van der Waals surface area contributed by atoms with Crippen molar-refractivity contribution in [1.29, 1.82) is 0 Å². The highest BCUT2D eigenvalue weighted by Crippen LogP contribution is 2.49. The van der Waals surface area contributed by atoms with Gasteiger partial charge in [0.05, 0.1) is 6.10 Å². The summed E-state index contributed by atoms with van der Waals surface area (Å²) >= 11 is 0. The van der Waals surface area contributed by atoms with E-state index in [-0.39, 0.29) is 17.9 Å². The predicted molar refractivity (Wildman–Crippen MR) is 75.4 cm³/mol. The minimum atomic E-state index is -0.481. The van der Waals surface area contributed by atoms with E-state index in [0.29, 0.717) is 13.1 Å². The fraction of sp³-hybridized carbons (Fsp3) is 0.562.